The maximum Gasteiger partial charge on any atom is 0.309 e. The van der Waals surface area contributed by atoms with Crippen molar-refractivity contribution in [2.75, 3.05) is 13.2 Å². The lowest BCUT2D eigenvalue weighted by Crippen LogP contribution is -2.25. The molecule has 0 aliphatic heterocycles. The number of hydrogen-bond donors (Lipinski definition) is 3. The van der Waals surface area contributed by atoms with E-state index in [1.807, 2.05) is 0 Å². The van der Waals surface area contributed by atoms with Crippen LogP contribution >= 0.6 is 0 Å². The van der Waals surface area contributed by atoms with Crippen LogP contribution < -0.4 is 0 Å². The maximum absolute atomic E-state index is 12.2. The Balaban J connectivity index is 4.06. The van der Waals surface area contributed by atoms with Gasteiger partial charge in [0.2, 0.25) is 0 Å². The van der Waals surface area contributed by atoms with Gasteiger partial charge in [-0.3, -0.25) is 9.59 Å². The number of esters is 1. The first-order valence-corrected chi connectivity index (χ1v) is 9.68. The lowest BCUT2D eigenvalue weighted by Gasteiger charge is -2.17. The van der Waals surface area contributed by atoms with Crippen LogP contribution in [0.4, 0.5) is 0 Å². The number of aliphatic hydroxyl groups is 2. The zero-order valence-electron chi connectivity index (χ0n) is 15.6. The Kier molecular flexibility index (Phi) is 15.6. The molecule has 0 aliphatic carbocycles. The summed E-state index contributed by atoms with van der Waals surface area (Å²) >= 11 is 0. The van der Waals surface area contributed by atoms with E-state index in [0.717, 1.165) is 64.2 Å². The second-order valence-corrected chi connectivity index (χ2v) is 6.71. The van der Waals surface area contributed by atoms with Gasteiger partial charge in [-0.15, -0.1) is 0 Å². The highest BCUT2D eigenvalue weighted by Gasteiger charge is 2.20. The summed E-state index contributed by atoms with van der Waals surface area (Å²) in [7, 11) is 0. The number of carboxylic acid groups (broad SMARTS) is 1. The summed E-state index contributed by atoms with van der Waals surface area (Å²) in [5.41, 5.74) is 0. The van der Waals surface area contributed by atoms with Crippen molar-refractivity contribution in [3.63, 3.8) is 0 Å². The fraction of sp³-hybridized carbons (Fsp3) is 0.895. The Morgan fingerprint density at radius 2 is 1.48 bits per heavy atom. The zero-order chi connectivity index (χ0) is 18.9. The molecule has 6 heteroatoms. The first kappa shape index (κ1) is 23.9. The molecule has 0 radical (unpaired) electrons. The van der Waals surface area contributed by atoms with Crippen LogP contribution in [0.3, 0.4) is 0 Å². The van der Waals surface area contributed by atoms with Crippen molar-refractivity contribution >= 4 is 11.9 Å². The highest BCUT2D eigenvalue weighted by Crippen LogP contribution is 2.20. The van der Waals surface area contributed by atoms with Crippen molar-refractivity contribution < 1.29 is 29.6 Å². The number of ether oxygens (including phenoxy) is 1. The van der Waals surface area contributed by atoms with Crippen LogP contribution in [0.15, 0.2) is 0 Å². The first-order chi connectivity index (χ1) is 12.0. The summed E-state index contributed by atoms with van der Waals surface area (Å²) < 4.78 is 5.12. The van der Waals surface area contributed by atoms with Crippen molar-refractivity contribution in [1.82, 2.24) is 0 Å². The number of carbonyl (C=O) groups is 2. The van der Waals surface area contributed by atoms with Gasteiger partial charge in [0.05, 0.1) is 12.5 Å². The number of aliphatic carboxylic acids is 1. The van der Waals surface area contributed by atoms with Crippen molar-refractivity contribution in [3.8, 4) is 0 Å². The predicted octanol–water partition coefficient (Wildman–Crippen LogP) is 3.28. The van der Waals surface area contributed by atoms with E-state index in [2.05, 4.69) is 6.92 Å². The molecule has 0 aromatic rings. The molecule has 25 heavy (non-hydrogen) atoms. The second-order valence-electron chi connectivity index (χ2n) is 6.71. The number of aliphatic hydroxyl groups excluding tert-OH is 2. The molecule has 0 fully saturated rings. The van der Waals surface area contributed by atoms with Crippen molar-refractivity contribution in [2.24, 2.45) is 5.92 Å². The minimum Gasteiger partial charge on any atom is -0.481 e. The van der Waals surface area contributed by atoms with Gasteiger partial charge in [0.15, 0.2) is 0 Å². The third-order valence-corrected chi connectivity index (χ3v) is 4.31. The average Bonchev–Trinajstić information content (AvgIpc) is 2.59. The number of hydrogen-bond acceptors (Lipinski definition) is 5. The highest BCUT2D eigenvalue weighted by atomic mass is 16.5. The predicted molar refractivity (Wildman–Crippen MR) is 96.3 cm³/mol. The molecule has 0 saturated carbocycles. The SMILES string of the molecule is CCCCCCC(CCCCCCCC(=O)O)C(=O)OCC(O)CO. The molecule has 2 unspecified atom stereocenters. The van der Waals surface area contributed by atoms with Gasteiger partial charge in [-0.2, -0.15) is 0 Å². The molecule has 0 aromatic carbocycles. The van der Waals surface area contributed by atoms with Crippen molar-refractivity contribution in [2.45, 2.75) is 90.1 Å². The lowest BCUT2D eigenvalue weighted by molar-refractivity contribution is -0.152. The molecule has 0 spiro atoms. The van der Waals surface area contributed by atoms with Crippen LogP contribution in [-0.2, 0) is 14.3 Å². The van der Waals surface area contributed by atoms with E-state index in [-0.39, 0.29) is 24.9 Å². The van der Waals surface area contributed by atoms with Crippen molar-refractivity contribution in [1.29, 1.82) is 0 Å². The van der Waals surface area contributed by atoms with Crippen LogP contribution in [0.2, 0.25) is 0 Å². The summed E-state index contributed by atoms with van der Waals surface area (Å²) in [6, 6.07) is 0. The van der Waals surface area contributed by atoms with E-state index in [1.54, 1.807) is 0 Å². The minimum atomic E-state index is -1.01. The average molecular weight is 360 g/mol. The second kappa shape index (κ2) is 16.3. The van der Waals surface area contributed by atoms with Crippen LogP contribution in [0, 0.1) is 5.92 Å². The van der Waals surface area contributed by atoms with Gasteiger partial charge in [0.25, 0.3) is 0 Å². The Bertz CT molecular complexity index is 345. The molecule has 0 saturated heterocycles. The van der Waals surface area contributed by atoms with Crippen molar-refractivity contribution in [3.05, 3.63) is 0 Å². The van der Waals surface area contributed by atoms with Crippen LogP contribution in [-0.4, -0.2) is 46.6 Å². The number of carbonyl (C=O) groups excluding carboxylic acids is 1. The Labute approximate surface area is 151 Å². The molecular formula is C19H36O6. The Hall–Kier alpha value is -1.14. The van der Waals surface area contributed by atoms with Crippen LogP contribution in [0.5, 0.6) is 0 Å². The Morgan fingerprint density at radius 3 is 2.04 bits per heavy atom. The molecule has 0 rings (SSSR count). The molecule has 0 amide bonds. The molecule has 0 aromatic heterocycles. The van der Waals surface area contributed by atoms with E-state index < -0.39 is 18.7 Å². The van der Waals surface area contributed by atoms with Gasteiger partial charge in [0, 0.05) is 6.42 Å². The molecule has 0 heterocycles. The maximum atomic E-state index is 12.2. The highest BCUT2D eigenvalue weighted by molar-refractivity contribution is 5.72. The van der Waals surface area contributed by atoms with Gasteiger partial charge in [-0.1, -0.05) is 58.3 Å². The normalized spacial score (nSPS) is 13.4. The van der Waals surface area contributed by atoms with Gasteiger partial charge in [-0.25, -0.2) is 0 Å². The standard InChI is InChI=1S/C19H36O6/c1-2-3-4-8-11-16(19(24)25-15-17(21)14-20)12-9-6-5-7-10-13-18(22)23/h16-17,20-21H,2-15H2,1H3,(H,22,23). The third-order valence-electron chi connectivity index (χ3n) is 4.31. The lowest BCUT2D eigenvalue weighted by atomic mass is 9.94. The summed E-state index contributed by atoms with van der Waals surface area (Å²) in [4.78, 5) is 22.6. The largest absolute Gasteiger partial charge is 0.481 e. The van der Waals surface area contributed by atoms with E-state index in [9.17, 15) is 14.7 Å². The molecule has 2 atom stereocenters. The molecular weight excluding hydrogens is 324 g/mol. The summed E-state index contributed by atoms with van der Waals surface area (Å²) in [5.74, 6) is -1.18. The number of rotatable bonds is 17. The molecule has 3 N–H and O–H groups in total. The van der Waals surface area contributed by atoms with E-state index >= 15 is 0 Å². The first-order valence-electron chi connectivity index (χ1n) is 9.68. The zero-order valence-corrected chi connectivity index (χ0v) is 15.6. The molecule has 148 valence electrons. The van der Waals surface area contributed by atoms with E-state index in [4.69, 9.17) is 14.9 Å². The molecule has 0 bridgehead atoms. The van der Waals surface area contributed by atoms with Crippen LogP contribution in [0.25, 0.3) is 0 Å². The third kappa shape index (κ3) is 14.9. The van der Waals surface area contributed by atoms with Crippen LogP contribution in [0.1, 0.15) is 84.0 Å². The summed E-state index contributed by atoms with van der Waals surface area (Å²) in [6.45, 7) is 1.58. The number of carboxylic acids is 1. The topological polar surface area (TPSA) is 104 Å². The van der Waals surface area contributed by atoms with Gasteiger partial charge >= 0.3 is 11.9 Å². The summed E-state index contributed by atoms with van der Waals surface area (Å²) in [6.07, 6.45) is 9.67. The number of unbranched alkanes of at least 4 members (excludes halogenated alkanes) is 7. The summed E-state index contributed by atoms with van der Waals surface area (Å²) in [5, 5.41) is 26.7. The molecule has 0 aliphatic rings. The smallest absolute Gasteiger partial charge is 0.309 e. The monoisotopic (exact) mass is 360 g/mol. The minimum absolute atomic E-state index is 0.151. The fourth-order valence-corrected chi connectivity index (χ4v) is 2.74. The molecule has 6 nitrogen and oxygen atoms in total. The van der Waals surface area contributed by atoms with E-state index in [1.165, 1.54) is 0 Å². The van der Waals surface area contributed by atoms with Gasteiger partial charge < -0.3 is 20.1 Å². The van der Waals surface area contributed by atoms with Gasteiger partial charge in [0.1, 0.15) is 12.7 Å². The Morgan fingerprint density at radius 1 is 0.920 bits per heavy atom. The van der Waals surface area contributed by atoms with Gasteiger partial charge in [-0.05, 0) is 19.3 Å². The fourth-order valence-electron chi connectivity index (χ4n) is 2.74. The quantitative estimate of drug-likeness (QED) is 0.272. The van der Waals surface area contributed by atoms with E-state index in [0.29, 0.717) is 6.42 Å².